The molecule has 3 aromatic rings. The highest BCUT2D eigenvalue weighted by molar-refractivity contribution is 5.92. The van der Waals surface area contributed by atoms with E-state index in [0.29, 0.717) is 16.7 Å². The number of nitrogens with zero attached hydrogens (tertiary/aromatic N) is 1. The molecule has 3 rings (SSSR count). The van der Waals surface area contributed by atoms with Crippen LogP contribution in [0.4, 0.5) is 4.39 Å². The molecule has 96 valence electrons. The molecule has 4 nitrogen and oxygen atoms in total. The molecule has 0 amide bonds. The smallest absolute Gasteiger partial charge is 0.352 e. The van der Waals surface area contributed by atoms with Crippen molar-refractivity contribution in [2.24, 2.45) is 0 Å². The molecule has 1 aromatic carbocycles. The molecule has 0 bridgehead atoms. The van der Waals surface area contributed by atoms with E-state index >= 15 is 0 Å². The van der Waals surface area contributed by atoms with Gasteiger partial charge in [-0.2, -0.15) is 0 Å². The minimum atomic E-state index is -1.07. The third-order valence-electron chi connectivity index (χ3n) is 3.03. The molecule has 2 heterocycles. The van der Waals surface area contributed by atoms with Crippen LogP contribution in [0, 0.1) is 5.82 Å². The highest BCUT2D eigenvalue weighted by Gasteiger charge is 2.17. The molecular weight excluding hydrogens is 249 g/mol. The van der Waals surface area contributed by atoms with Gasteiger partial charge in [0.05, 0.1) is 18.3 Å². The molecule has 0 atom stereocenters. The first-order valence-electron chi connectivity index (χ1n) is 5.70. The number of hydrogen-bond acceptors (Lipinski definition) is 2. The average molecular weight is 259 g/mol. The van der Waals surface area contributed by atoms with Gasteiger partial charge < -0.3 is 14.1 Å². The second kappa shape index (κ2) is 4.28. The number of carboxylic acid groups (broad SMARTS) is 1. The lowest BCUT2D eigenvalue weighted by Crippen LogP contribution is -2.10. The van der Waals surface area contributed by atoms with E-state index in [2.05, 4.69) is 0 Å². The van der Waals surface area contributed by atoms with E-state index < -0.39 is 5.97 Å². The molecule has 0 aliphatic carbocycles. The highest BCUT2D eigenvalue weighted by Crippen LogP contribution is 2.23. The Kier molecular flexibility index (Phi) is 2.59. The molecule has 19 heavy (non-hydrogen) atoms. The van der Waals surface area contributed by atoms with E-state index in [-0.39, 0.29) is 18.1 Å². The van der Waals surface area contributed by atoms with Crippen LogP contribution in [-0.4, -0.2) is 15.6 Å². The third kappa shape index (κ3) is 1.89. The lowest BCUT2D eigenvalue weighted by atomic mass is 10.2. The van der Waals surface area contributed by atoms with Crippen LogP contribution >= 0.6 is 0 Å². The molecule has 1 N–H and O–H groups in total. The topological polar surface area (TPSA) is 55.4 Å². The van der Waals surface area contributed by atoms with Gasteiger partial charge in [0.25, 0.3) is 0 Å². The fraction of sp³-hybridized carbons (Fsp3) is 0.0714. The predicted octanol–water partition coefficient (Wildman–Crippen LogP) is 3.12. The second-order valence-electron chi connectivity index (χ2n) is 4.18. The Morgan fingerprint density at radius 1 is 1.32 bits per heavy atom. The minimum absolute atomic E-state index is 0.0811. The van der Waals surface area contributed by atoms with Gasteiger partial charge in [0.2, 0.25) is 0 Å². The monoisotopic (exact) mass is 259 g/mol. The van der Waals surface area contributed by atoms with Gasteiger partial charge in [0.15, 0.2) is 5.58 Å². The van der Waals surface area contributed by atoms with E-state index in [9.17, 15) is 14.3 Å². The summed E-state index contributed by atoms with van der Waals surface area (Å²) < 4.78 is 20.4. The first-order valence-corrected chi connectivity index (χ1v) is 5.70. The number of fused-ring (bicyclic) bond motifs is 1. The van der Waals surface area contributed by atoms with E-state index in [0.717, 1.165) is 0 Å². The van der Waals surface area contributed by atoms with Gasteiger partial charge in [0.1, 0.15) is 11.5 Å². The van der Waals surface area contributed by atoms with Crippen LogP contribution in [0.25, 0.3) is 11.1 Å². The maximum Gasteiger partial charge on any atom is 0.352 e. The Morgan fingerprint density at radius 3 is 2.84 bits per heavy atom. The number of furan rings is 1. The third-order valence-corrected chi connectivity index (χ3v) is 3.03. The van der Waals surface area contributed by atoms with Crippen LogP contribution in [0.2, 0.25) is 0 Å². The van der Waals surface area contributed by atoms with Crippen LogP contribution in [0.3, 0.4) is 0 Å². The van der Waals surface area contributed by atoms with Crippen molar-refractivity contribution in [2.75, 3.05) is 0 Å². The first kappa shape index (κ1) is 11.5. The van der Waals surface area contributed by atoms with Crippen molar-refractivity contribution in [3.05, 3.63) is 59.7 Å². The number of hydrogen-bond donors (Lipinski definition) is 1. The Balaban J connectivity index is 2.13. The van der Waals surface area contributed by atoms with Crippen LogP contribution in [0.15, 0.2) is 47.1 Å². The molecule has 0 unspecified atom stereocenters. The number of carboxylic acids is 1. The summed E-state index contributed by atoms with van der Waals surface area (Å²) in [7, 11) is 0. The fourth-order valence-corrected chi connectivity index (χ4v) is 2.12. The maximum atomic E-state index is 13.7. The Bertz CT molecular complexity index is 757. The maximum absolute atomic E-state index is 13.7. The van der Waals surface area contributed by atoms with Gasteiger partial charge in [-0.05, 0) is 6.07 Å². The van der Waals surface area contributed by atoms with Gasteiger partial charge in [-0.3, -0.25) is 0 Å². The zero-order chi connectivity index (χ0) is 13.4. The molecule has 2 aromatic heterocycles. The summed E-state index contributed by atoms with van der Waals surface area (Å²) in [6, 6.07) is 9.41. The van der Waals surface area contributed by atoms with Gasteiger partial charge in [-0.25, -0.2) is 9.18 Å². The zero-order valence-electron chi connectivity index (χ0n) is 9.84. The number of benzene rings is 1. The quantitative estimate of drug-likeness (QED) is 0.786. The van der Waals surface area contributed by atoms with Gasteiger partial charge in [-0.15, -0.1) is 0 Å². The number of halogens is 1. The van der Waals surface area contributed by atoms with E-state index in [1.54, 1.807) is 24.3 Å². The van der Waals surface area contributed by atoms with Gasteiger partial charge in [0, 0.05) is 17.7 Å². The summed E-state index contributed by atoms with van der Waals surface area (Å²) >= 11 is 0. The van der Waals surface area contributed by atoms with Crippen molar-refractivity contribution in [1.29, 1.82) is 0 Å². The Hall–Kier alpha value is -2.56. The normalized spacial score (nSPS) is 11.0. The zero-order valence-corrected chi connectivity index (χ0v) is 9.84. The summed E-state index contributed by atoms with van der Waals surface area (Å²) in [6.45, 7) is 0.150. The van der Waals surface area contributed by atoms with E-state index in [4.69, 9.17) is 4.42 Å². The number of aromatic nitrogens is 1. The SMILES string of the molecule is O=C(O)c1cc2occc2n1Cc1ccccc1F. The Morgan fingerprint density at radius 2 is 2.11 bits per heavy atom. The predicted molar refractivity (Wildman–Crippen MR) is 66.7 cm³/mol. The molecule has 0 spiro atoms. The molecule has 0 aliphatic rings. The lowest BCUT2D eigenvalue weighted by molar-refractivity contribution is 0.0686. The summed E-state index contributed by atoms with van der Waals surface area (Å²) in [5, 5.41) is 9.18. The summed E-state index contributed by atoms with van der Waals surface area (Å²) in [6.07, 6.45) is 1.48. The van der Waals surface area contributed by atoms with Crippen molar-refractivity contribution >= 4 is 17.1 Å². The van der Waals surface area contributed by atoms with Crippen LogP contribution in [-0.2, 0) is 6.54 Å². The first-order chi connectivity index (χ1) is 9.16. The lowest BCUT2D eigenvalue weighted by Gasteiger charge is -2.08. The number of aromatic carboxylic acids is 1. The van der Waals surface area contributed by atoms with Gasteiger partial charge >= 0.3 is 5.97 Å². The van der Waals surface area contributed by atoms with Crippen molar-refractivity contribution < 1.29 is 18.7 Å². The number of carbonyl (C=O) groups is 1. The molecule has 0 aliphatic heterocycles. The average Bonchev–Trinajstić information content (AvgIpc) is 2.94. The minimum Gasteiger partial charge on any atom is -0.477 e. The summed E-state index contributed by atoms with van der Waals surface area (Å²) in [4.78, 5) is 11.2. The molecule has 0 saturated carbocycles. The van der Waals surface area contributed by atoms with E-state index in [1.807, 2.05) is 0 Å². The molecular formula is C14H10FNO3. The van der Waals surface area contributed by atoms with Crippen molar-refractivity contribution in [1.82, 2.24) is 4.57 Å². The summed E-state index contributed by atoms with van der Waals surface area (Å²) in [5.74, 6) is -1.42. The van der Waals surface area contributed by atoms with Crippen molar-refractivity contribution in [3.63, 3.8) is 0 Å². The molecule has 0 saturated heterocycles. The van der Waals surface area contributed by atoms with Crippen molar-refractivity contribution in [2.45, 2.75) is 6.54 Å². The molecule has 0 fully saturated rings. The van der Waals surface area contributed by atoms with Crippen LogP contribution in [0.1, 0.15) is 16.1 Å². The van der Waals surface area contributed by atoms with Gasteiger partial charge in [-0.1, -0.05) is 18.2 Å². The van der Waals surface area contributed by atoms with Crippen LogP contribution < -0.4 is 0 Å². The number of rotatable bonds is 3. The van der Waals surface area contributed by atoms with Crippen molar-refractivity contribution in [3.8, 4) is 0 Å². The Labute approximate surface area is 107 Å². The fourth-order valence-electron chi connectivity index (χ4n) is 2.12. The second-order valence-corrected chi connectivity index (χ2v) is 4.18. The largest absolute Gasteiger partial charge is 0.477 e. The standard InChI is InChI=1S/C14H10FNO3/c15-10-4-2-1-3-9(10)8-16-11-5-6-19-13(11)7-12(16)14(17)18/h1-7H,8H2,(H,17,18). The van der Waals surface area contributed by atoms with Crippen LogP contribution in [0.5, 0.6) is 0 Å². The molecule has 0 radical (unpaired) electrons. The van der Waals surface area contributed by atoms with E-state index in [1.165, 1.54) is 23.0 Å². The highest BCUT2D eigenvalue weighted by atomic mass is 19.1. The molecule has 5 heteroatoms. The summed E-state index contributed by atoms with van der Waals surface area (Å²) in [5.41, 5.74) is 1.63.